The lowest BCUT2D eigenvalue weighted by atomic mass is 10.0. The van der Waals surface area contributed by atoms with Crippen molar-refractivity contribution in [3.8, 4) is 11.1 Å². The quantitative estimate of drug-likeness (QED) is 0.923. The summed E-state index contributed by atoms with van der Waals surface area (Å²) in [5.74, 6) is -1.71. The van der Waals surface area contributed by atoms with Crippen molar-refractivity contribution >= 4 is 5.97 Å². The van der Waals surface area contributed by atoms with Gasteiger partial charge in [0.2, 0.25) is 0 Å². The Morgan fingerprint density at radius 2 is 2.05 bits per heavy atom. The average molecular weight is 262 g/mol. The van der Waals surface area contributed by atoms with Gasteiger partial charge in [-0.1, -0.05) is 6.07 Å². The standard InChI is InChI=1S/C14H15FN2O2/c1-8(2)17-7-13(9(3)16-17)11-5-4-10(15)6-12(11)14(18)19/h4-8H,1-3H3,(H,18,19). The molecule has 0 bridgehead atoms. The number of hydrogen-bond donors (Lipinski definition) is 1. The van der Waals surface area contributed by atoms with E-state index >= 15 is 0 Å². The summed E-state index contributed by atoms with van der Waals surface area (Å²) >= 11 is 0. The molecule has 0 spiro atoms. The van der Waals surface area contributed by atoms with Gasteiger partial charge in [-0.3, -0.25) is 4.68 Å². The molecule has 100 valence electrons. The van der Waals surface area contributed by atoms with E-state index in [0.29, 0.717) is 11.1 Å². The fourth-order valence-corrected chi connectivity index (χ4v) is 1.94. The minimum Gasteiger partial charge on any atom is -0.478 e. The second-order valence-corrected chi connectivity index (χ2v) is 4.70. The van der Waals surface area contributed by atoms with Gasteiger partial charge >= 0.3 is 5.97 Å². The van der Waals surface area contributed by atoms with E-state index in [-0.39, 0.29) is 11.6 Å². The minimum atomic E-state index is -1.15. The third-order valence-corrected chi connectivity index (χ3v) is 2.95. The third kappa shape index (κ3) is 2.50. The van der Waals surface area contributed by atoms with Crippen LogP contribution in [0.5, 0.6) is 0 Å². The van der Waals surface area contributed by atoms with Crippen molar-refractivity contribution in [2.24, 2.45) is 0 Å². The first-order valence-electron chi connectivity index (χ1n) is 5.99. The van der Waals surface area contributed by atoms with Crippen molar-refractivity contribution in [2.75, 3.05) is 0 Å². The number of rotatable bonds is 3. The smallest absolute Gasteiger partial charge is 0.336 e. The molecule has 0 saturated carbocycles. The Bertz CT molecular complexity index is 632. The highest BCUT2D eigenvalue weighted by molar-refractivity contribution is 5.96. The molecule has 1 aromatic heterocycles. The van der Waals surface area contributed by atoms with Gasteiger partial charge in [-0.2, -0.15) is 5.10 Å². The summed E-state index contributed by atoms with van der Waals surface area (Å²) in [7, 11) is 0. The van der Waals surface area contributed by atoms with Crippen molar-refractivity contribution in [1.29, 1.82) is 0 Å². The molecular formula is C14H15FN2O2. The largest absolute Gasteiger partial charge is 0.478 e. The van der Waals surface area contributed by atoms with Crippen LogP contribution in [0.4, 0.5) is 4.39 Å². The summed E-state index contributed by atoms with van der Waals surface area (Å²) in [4.78, 5) is 11.2. The highest BCUT2D eigenvalue weighted by Crippen LogP contribution is 2.28. The van der Waals surface area contributed by atoms with Crippen molar-refractivity contribution in [2.45, 2.75) is 26.8 Å². The van der Waals surface area contributed by atoms with E-state index in [4.69, 9.17) is 5.11 Å². The molecule has 0 radical (unpaired) electrons. The number of benzene rings is 1. The molecule has 0 amide bonds. The Morgan fingerprint density at radius 3 is 2.58 bits per heavy atom. The molecule has 19 heavy (non-hydrogen) atoms. The molecule has 2 rings (SSSR count). The fourth-order valence-electron chi connectivity index (χ4n) is 1.94. The summed E-state index contributed by atoms with van der Waals surface area (Å²) in [5, 5.41) is 13.5. The third-order valence-electron chi connectivity index (χ3n) is 2.95. The van der Waals surface area contributed by atoms with Gasteiger partial charge in [-0.05, 0) is 38.5 Å². The summed E-state index contributed by atoms with van der Waals surface area (Å²) in [6, 6.07) is 3.95. The summed E-state index contributed by atoms with van der Waals surface area (Å²) < 4.78 is 14.9. The lowest BCUT2D eigenvalue weighted by molar-refractivity contribution is 0.0697. The zero-order valence-electron chi connectivity index (χ0n) is 11.0. The number of aryl methyl sites for hydroxylation is 1. The number of halogens is 1. The molecular weight excluding hydrogens is 247 g/mol. The first kappa shape index (κ1) is 13.3. The van der Waals surface area contributed by atoms with Crippen LogP contribution in [0.3, 0.4) is 0 Å². The number of carboxylic acid groups (broad SMARTS) is 1. The van der Waals surface area contributed by atoms with Crippen molar-refractivity contribution in [1.82, 2.24) is 9.78 Å². The Hall–Kier alpha value is -2.17. The van der Waals surface area contributed by atoms with Crippen molar-refractivity contribution in [3.05, 3.63) is 41.5 Å². The fraction of sp³-hybridized carbons (Fsp3) is 0.286. The summed E-state index contributed by atoms with van der Waals surface area (Å²) in [6.07, 6.45) is 1.79. The van der Waals surface area contributed by atoms with Crippen molar-refractivity contribution < 1.29 is 14.3 Å². The topological polar surface area (TPSA) is 55.1 Å². The maximum atomic E-state index is 13.2. The Labute approximate surface area is 110 Å². The second kappa shape index (κ2) is 4.84. The molecule has 0 atom stereocenters. The van der Waals surface area contributed by atoms with E-state index in [1.54, 1.807) is 10.9 Å². The predicted octanol–water partition coefficient (Wildman–Crippen LogP) is 3.28. The van der Waals surface area contributed by atoms with Gasteiger partial charge in [0.1, 0.15) is 5.82 Å². The lowest BCUT2D eigenvalue weighted by Gasteiger charge is -2.05. The van der Waals surface area contributed by atoms with E-state index in [9.17, 15) is 9.18 Å². The Balaban J connectivity index is 2.61. The maximum absolute atomic E-state index is 13.2. The molecule has 1 N–H and O–H groups in total. The molecule has 0 aliphatic rings. The summed E-state index contributed by atoms with van der Waals surface area (Å²) in [6.45, 7) is 5.78. The molecule has 0 saturated heterocycles. The zero-order valence-corrected chi connectivity index (χ0v) is 11.0. The highest BCUT2D eigenvalue weighted by Gasteiger charge is 2.17. The number of aromatic nitrogens is 2. The van der Waals surface area contributed by atoms with E-state index in [0.717, 1.165) is 11.8 Å². The van der Waals surface area contributed by atoms with Crippen LogP contribution in [0.1, 0.15) is 35.9 Å². The van der Waals surface area contributed by atoms with Crippen molar-refractivity contribution in [3.63, 3.8) is 0 Å². The minimum absolute atomic E-state index is 0.0496. The van der Waals surface area contributed by atoms with Gasteiger partial charge in [-0.15, -0.1) is 0 Å². The van der Waals surface area contributed by atoms with Crippen LogP contribution in [0.25, 0.3) is 11.1 Å². The second-order valence-electron chi connectivity index (χ2n) is 4.70. The van der Waals surface area contributed by atoms with Crippen LogP contribution in [0.15, 0.2) is 24.4 Å². The van der Waals surface area contributed by atoms with Gasteiger partial charge in [0.05, 0.1) is 11.3 Å². The molecule has 0 fully saturated rings. The Kier molecular flexibility index (Phi) is 3.38. The molecule has 5 heteroatoms. The zero-order chi connectivity index (χ0) is 14.2. The normalized spacial score (nSPS) is 11.0. The molecule has 0 unspecified atom stereocenters. The van der Waals surface area contributed by atoms with Gasteiger partial charge < -0.3 is 5.11 Å². The number of aromatic carboxylic acids is 1. The SMILES string of the molecule is Cc1nn(C(C)C)cc1-c1ccc(F)cc1C(=O)O. The van der Waals surface area contributed by atoms with Gasteiger partial charge in [0, 0.05) is 17.8 Å². The van der Waals surface area contributed by atoms with E-state index in [1.807, 2.05) is 20.8 Å². The number of hydrogen-bond acceptors (Lipinski definition) is 2. The monoisotopic (exact) mass is 262 g/mol. The molecule has 1 heterocycles. The highest BCUT2D eigenvalue weighted by atomic mass is 19.1. The first-order valence-corrected chi connectivity index (χ1v) is 5.99. The first-order chi connectivity index (χ1) is 8.90. The molecule has 4 nitrogen and oxygen atoms in total. The average Bonchev–Trinajstić information content (AvgIpc) is 2.71. The Morgan fingerprint density at radius 1 is 1.37 bits per heavy atom. The van der Waals surface area contributed by atoms with Crippen LogP contribution in [0.2, 0.25) is 0 Å². The number of nitrogens with zero attached hydrogens (tertiary/aromatic N) is 2. The van der Waals surface area contributed by atoms with Crippen LogP contribution in [-0.4, -0.2) is 20.9 Å². The predicted molar refractivity (Wildman–Crippen MR) is 69.7 cm³/mol. The lowest BCUT2D eigenvalue weighted by Crippen LogP contribution is -2.01. The van der Waals surface area contributed by atoms with E-state index in [1.165, 1.54) is 12.1 Å². The van der Waals surface area contributed by atoms with Crippen LogP contribution in [-0.2, 0) is 0 Å². The molecule has 0 aliphatic carbocycles. The van der Waals surface area contributed by atoms with Gasteiger partial charge in [0.25, 0.3) is 0 Å². The number of carbonyl (C=O) groups is 1. The van der Waals surface area contributed by atoms with E-state index < -0.39 is 11.8 Å². The van der Waals surface area contributed by atoms with E-state index in [2.05, 4.69) is 5.10 Å². The summed E-state index contributed by atoms with van der Waals surface area (Å²) in [5.41, 5.74) is 1.87. The maximum Gasteiger partial charge on any atom is 0.336 e. The molecule has 2 aromatic rings. The molecule has 1 aromatic carbocycles. The van der Waals surface area contributed by atoms with Crippen LogP contribution >= 0.6 is 0 Å². The van der Waals surface area contributed by atoms with Gasteiger partial charge in [-0.25, -0.2) is 9.18 Å². The number of carboxylic acids is 1. The van der Waals surface area contributed by atoms with Crippen LogP contribution < -0.4 is 0 Å². The van der Waals surface area contributed by atoms with Gasteiger partial charge in [0.15, 0.2) is 0 Å². The molecule has 0 aliphatic heterocycles. The van der Waals surface area contributed by atoms with Crippen LogP contribution in [0, 0.1) is 12.7 Å².